The van der Waals surface area contributed by atoms with Crippen molar-refractivity contribution in [1.29, 1.82) is 0 Å². The van der Waals surface area contributed by atoms with E-state index in [1.54, 1.807) is 4.57 Å². The largest absolute Gasteiger partial charge is 0.332 e. The number of hydrogen-bond donors (Lipinski definition) is 1. The molecule has 2 heterocycles. The second-order valence-corrected chi connectivity index (χ2v) is 2.54. The van der Waals surface area contributed by atoms with E-state index in [9.17, 15) is 4.79 Å². The van der Waals surface area contributed by atoms with E-state index in [1.165, 1.54) is 0 Å². The average molecular weight is 136 g/mol. The van der Waals surface area contributed by atoms with E-state index in [0.29, 0.717) is 6.54 Å². The second-order valence-electron chi connectivity index (χ2n) is 2.54. The van der Waals surface area contributed by atoms with Crippen LogP contribution in [0.4, 0.5) is 4.79 Å². The first-order valence-corrected chi connectivity index (χ1v) is 3.23. The van der Waals surface area contributed by atoms with Crippen LogP contribution in [0, 0.1) is 6.92 Å². The summed E-state index contributed by atoms with van der Waals surface area (Å²) >= 11 is 0. The van der Waals surface area contributed by atoms with E-state index >= 15 is 0 Å². The predicted octanol–water partition coefficient (Wildman–Crippen LogP) is 0.868. The number of aryl methyl sites for hydroxylation is 1. The topological polar surface area (TPSA) is 34.0 Å². The van der Waals surface area contributed by atoms with E-state index in [4.69, 9.17) is 0 Å². The number of hydrogen-bond acceptors (Lipinski definition) is 1. The van der Waals surface area contributed by atoms with Gasteiger partial charge in [0.05, 0.1) is 6.54 Å². The first-order chi connectivity index (χ1) is 4.77. The molecule has 0 saturated heterocycles. The van der Waals surface area contributed by atoms with Gasteiger partial charge >= 0.3 is 6.03 Å². The summed E-state index contributed by atoms with van der Waals surface area (Å²) in [7, 11) is 0. The van der Waals surface area contributed by atoms with E-state index < -0.39 is 0 Å². The maximum atomic E-state index is 10.9. The predicted molar refractivity (Wildman–Crippen MR) is 36.8 cm³/mol. The summed E-state index contributed by atoms with van der Waals surface area (Å²) in [6.07, 6.45) is 1.84. The number of nitrogens with one attached hydrogen (secondary N) is 1. The van der Waals surface area contributed by atoms with Gasteiger partial charge in [0, 0.05) is 11.9 Å². The van der Waals surface area contributed by atoms with Gasteiger partial charge in [0.2, 0.25) is 0 Å². The number of carbonyl (C=O) groups is 1. The van der Waals surface area contributed by atoms with Gasteiger partial charge in [-0.15, -0.1) is 0 Å². The molecule has 0 aliphatic carbocycles. The van der Waals surface area contributed by atoms with Gasteiger partial charge in [0.15, 0.2) is 0 Å². The first kappa shape index (κ1) is 5.53. The molecule has 3 nitrogen and oxygen atoms in total. The molecule has 0 bridgehead atoms. The number of carbonyl (C=O) groups excluding carboxylic acids is 1. The Balaban J connectivity index is 2.59. The Morgan fingerprint density at radius 2 is 2.50 bits per heavy atom. The van der Waals surface area contributed by atoms with E-state index in [-0.39, 0.29) is 6.03 Å². The Bertz CT molecular complexity index is 288. The zero-order valence-electron chi connectivity index (χ0n) is 5.72. The van der Waals surface area contributed by atoms with Crippen LogP contribution in [0.25, 0.3) is 0 Å². The Labute approximate surface area is 58.7 Å². The van der Waals surface area contributed by atoms with Crippen LogP contribution in [-0.2, 0) is 6.54 Å². The molecule has 0 atom stereocenters. The highest BCUT2D eigenvalue weighted by Crippen LogP contribution is 2.11. The SMILES string of the molecule is Cc1cc2n(c1)C(=O)NC2. The number of rotatable bonds is 0. The standard InChI is InChI=1S/C7H8N2O/c1-5-2-6-3-8-7(10)9(6)4-5/h2,4H,3H2,1H3,(H,8,10). The lowest BCUT2D eigenvalue weighted by Gasteiger charge is -1.89. The van der Waals surface area contributed by atoms with Crippen molar-refractivity contribution in [2.75, 3.05) is 0 Å². The van der Waals surface area contributed by atoms with Crippen molar-refractivity contribution in [3.8, 4) is 0 Å². The second kappa shape index (κ2) is 1.62. The highest BCUT2D eigenvalue weighted by atomic mass is 16.2. The summed E-state index contributed by atoms with van der Waals surface area (Å²) < 4.78 is 1.65. The molecule has 0 unspecified atom stereocenters. The fourth-order valence-corrected chi connectivity index (χ4v) is 1.23. The molecule has 2 rings (SSSR count). The van der Waals surface area contributed by atoms with Gasteiger partial charge in [-0.2, -0.15) is 0 Å². The van der Waals surface area contributed by atoms with Gasteiger partial charge in [-0.3, -0.25) is 4.57 Å². The molecule has 1 aliphatic rings. The molecule has 52 valence electrons. The van der Waals surface area contributed by atoms with Crippen molar-refractivity contribution in [1.82, 2.24) is 9.88 Å². The lowest BCUT2D eigenvalue weighted by atomic mass is 10.3. The Morgan fingerprint density at radius 1 is 1.70 bits per heavy atom. The first-order valence-electron chi connectivity index (χ1n) is 3.23. The van der Waals surface area contributed by atoms with Crippen molar-refractivity contribution in [3.63, 3.8) is 0 Å². The molecule has 0 aromatic carbocycles. The van der Waals surface area contributed by atoms with E-state index in [1.807, 2.05) is 19.2 Å². The molecule has 3 heteroatoms. The number of amides is 1. The Hall–Kier alpha value is -1.25. The third-order valence-electron chi connectivity index (χ3n) is 1.68. The van der Waals surface area contributed by atoms with Crippen molar-refractivity contribution < 1.29 is 4.79 Å². The molecule has 10 heavy (non-hydrogen) atoms. The monoisotopic (exact) mass is 136 g/mol. The number of aromatic nitrogens is 1. The summed E-state index contributed by atoms with van der Waals surface area (Å²) in [5.74, 6) is 0. The summed E-state index contributed by atoms with van der Waals surface area (Å²) in [6.45, 7) is 2.66. The minimum absolute atomic E-state index is 0.0110. The summed E-state index contributed by atoms with van der Waals surface area (Å²) in [5, 5.41) is 2.72. The zero-order chi connectivity index (χ0) is 7.14. The molecule has 0 fully saturated rings. The zero-order valence-corrected chi connectivity index (χ0v) is 5.72. The molecule has 1 aromatic heterocycles. The van der Waals surface area contributed by atoms with Crippen LogP contribution >= 0.6 is 0 Å². The minimum Gasteiger partial charge on any atom is -0.332 e. The van der Waals surface area contributed by atoms with Crippen LogP contribution in [0.15, 0.2) is 12.3 Å². The van der Waals surface area contributed by atoms with Crippen LogP contribution in [0.5, 0.6) is 0 Å². The van der Waals surface area contributed by atoms with Crippen LogP contribution in [-0.4, -0.2) is 10.6 Å². The van der Waals surface area contributed by atoms with E-state index in [0.717, 1.165) is 11.3 Å². The van der Waals surface area contributed by atoms with Crippen molar-refractivity contribution in [2.45, 2.75) is 13.5 Å². The van der Waals surface area contributed by atoms with Crippen molar-refractivity contribution >= 4 is 6.03 Å². The molecular formula is C7H8N2O. The molecule has 0 radical (unpaired) electrons. The van der Waals surface area contributed by atoms with Crippen LogP contribution < -0.4 is 5.32 Å². The minimum atomic E-state index is -0.0110. The van der Waals surface area contributed by atoms with Gasteiger partial charge in [-0.05, 0) is 18.6 Å². The summed E-state index contributed by atoms with van der Waals surface area (Å²) in [5.41, 5.74) is 2.20. The van der Waals surface area contributed by atoms with Gasteiger partial charge < -0.3 is 5.32 Å². The van der Waals surface area contributed by atoms with Crippen molar-refractivity contribution in [2.24, 2.45) is 0 Å². The molecule has 0 saturated carbocycles. The van der Waals surface area contributed by atoms with Crippen LogP contribution in [0.3, 0.4) is 0 Å². The van der Waals surface area contributed by atoms with Gasteiger partial charge in [-0.25, -0.2) is 4.79 Å². The smallest absolute Gasteiger partial charge is 0.326 e. The van der Waals surface area contributed by atoms with Crippen LogP contribution in [0.1, 0.15) is 11.3 Å². The maximum Gasteiger partial charge on any atom is 0.326 e. The molecular weight excluding hydrogens is 128 g/mol. The van der Waals surface area contributed by atoms with Gasteiger partial charge in [-0.1, -0.05) is 0 Å². The lowest BCUT2D eigenvalue weighted by molar-refractivity contribution is 0.246. The molecule has 1 N–H and O–H groups in total. The highest BCUT2D eigenvalue weighted by Gasteiger charge is 2.16. The molecule has 1 aromatic rings. The van der Waals surface area contributed by atoms with Crippen LogP contribution in [0.2, 0.25) is 0 Å². The van der Waals surface area contributed by atoms with Gasteiger partial charge in [0.1, 0.15) is 0 Å². The average Bonchev–Trinajstić information content (AvgIpc) is 2.35. The molecule has 1 amide bonds. The third-order valence-corrected chi connectivity index (χ3v) is 1.68. The molecule has 1 aliphatic heterocycles. The Morgan fingerprint density at radius 3 is 3.20 bits per heavy atom. The quantitative estimate of drug-likeness (QED) is 0.564. The maximum absolute atomic E-state index is 10.9. The fraction of sp³-hybridized carbons (Fsp3) is 0.286. The lowest BCUT2D eigenvalue weighted by Crippen LogP contribution is -2.16. The van der Waals surface area contributed by atoms with Crippen molar-refractivity contribution in [3.05, 3.63) is 23.5 Å². The Kier molecular flexibility index (Phi) is 0.897. The summed E-state index contributed by atoms with van der Waals surface area (Å²) in [6, 6.07) is 2.00. The third kappa shape index (κ3) is 0.572. The fourth-order valence-electron chi connectivity index (χ4n) is 1.23. The number of fused-ring (bicyclic) bond motifs is 1. The van der Waals surface area contributed by atoms with E-state index in [2.05, 4.69) is 5.32 Å². The summed E-state index contributed by atoms with van der Waals surface area (Å²) in [4.78, 5) is 10.9. The van der Waals surface area contributed by atoms with Gasteiger partial charge in [0.25, 0.3) is 0 Å². The highest BCUT2D eigenvalue weighted by molar-refractivity contribution is 5.80. The molecule has 0 spiro atoms. The number of nitrogens with zero attached hydrogens (tertiary/aromatic N) is 1. The normalized spacial score (nSPS) is 15.1.